The number of methoxy groups -OCH3 is 3. The van der Waals surface area contributed by atoms with Gasteiger partial charge in [0.1, 0.15) is 6.61 Å². The molecule has 2 aromatic carbocycles. The Morgan fingerprint density at radius 3 is 1.92 bits per heavy atom. The van der Waals surface area contributed by atoms with Gasteiger partial charge in [0.25, 0.3) is 0 Å². The molecule has 51 heavy (non-hydrogen) atoms. The maximum absolute atomic E-state index is 12.8. The maximum Gasteiger partial charge on any atom is 0.330 e. The van der Waals surface area contributed by atoms with Crippen molar-refractivity contribution in [1.82, 2.24) is 0 Å². The molecule has 1 unspecified atom stereocenters. The SMILES string of the molecule is C=CC(=O)CCC(C)(COC(=O)C=C)C(=O)OCCCCCCCCCCCOc1ccc(/C=C(\C#N)c2ccc(OC)c(OC)c2)cc1OC. The Morgan fingerprint density at radius 2 is 1.33 bits per heavy atom. The Labute approximate surface area is 303 Å². The standard InChI is InChI=1S/C41H53NO9/c1-7-34(43)22-23-41(3,30-51-39(44)8-2)40(45)50-25-17-15-13-11-9-10-12-14-16-24-49-36-20-18-31(27-37(36)47-5)26-33(29-42)32-19-21-35(46-4)38(28-32)48-6/h7-8,18-21,26-28H,1-2,9-17,22-25,30H2,3-6H3/b33-26+. The Balaban J connectivity index is 1.66. The zero-order valence-corrected chi connectivity index (χ0v) is 30.6. The minimum absolute atomic E-state index is 0.115. The molecule has 276 valence electrons. The van der Waals surface area contributed by atoms with Crippen LogP contribution >= 0.6 is 0 Å². The van der Waals surface area contributed by atoms with Crippen LogP contribution in [0.2, 0.25) is 0 Å². The quantitative estimate of drug-likeness (QED) is 0.0309. The van der Waals surface area contributed by atoms with E-state index in [0.29, 0.717) is 35.2 Å². The highest BCUT2D eigenvalue weighted by Gasteiger charge is 2.36. The number of hydrogen-bond acceptors (Lipinski definition) is 10. The lowest BCUT2D eigenvalue weighted by Crippen LogP contribution is -2.36. The molecule has 0 saturated heterocycles. The smallest absolute Gasteiger partial charge is 0.330 e. The lowest BCUT2D eigenvalue weighted by Gasteiger charge is -2.26. The first-order valence-electron chi connectivity index (χ1n) is 17.4. The van der Waals surface area contributed by atoms with E-state index in [1.54, 1.807) is 46.5 Å². The summed E-state index contributed by atoms with van der Waals surface area (Å²) in [6.45, 7) is 9.15. The number of nitriles is 1. The fraction of sp³-hybridized carbons (Fsp3) is 0.463. The van der Waals surface area contributed by atoms with Crippen molar-refractivity contribution in [2.75, 3.05) is 41.2 Å². The van der Waals surface area contributed by atoms with E-state index in [1.807, 2.05) is 24.3 Å². The monoisotopic (exact) mass is 703 g/mol. The van der Waals surface area contributed by atoms with Crippen LogP contribution in [0.1, 0.15) is 88.7 Å². The van der Waals surface area contributed by atoms with E-state index in [9.17, 15) is 19.6 Å². The second kappa shape index (κ2) is 23.4. The van der Waals surface area contributed by atoms with Crippen LogP contribution in [-0.4, -0.2) is 58.9 Å². The largest absolute Gasteiger partial charge is 0.493 e. The molecule has 0 heterocycles. The molecular formula is C41H53NO9. The molecule has 2 rings (SSSR count). The van der Waals surface area contributed by atoms with Crippen molar-refractivity contribution in [2.24, 2.45) is 5.41 Å². The molecule has 0 aliphatic carbocycles. The van der Waals surface area contributed by atoms with Gasteiger partial charge in [0.15, 0.2) is 28.8 Å². The fourth-order valence-corrected chi connectivity index (χ4v) is 5.23. The first-order chi connectivity index (χ1) is 24.6. The number of ketones is 1. The summed E-state index contributed by atoms with van der Waals surface area (Å²) in [6, 6.07) is 13.2. The third-order valence-electron chi connectivity index (χ3n) is 8.44. The number of unbranched alkanes of at least 4 members (excludes halogenated alkanes) is 8. The van der Waals surface area contributed by atoms with Gasteiger partial charge in [-0.25, -0.2) is 4.79 Å². The Morgan fingerprint density at radius 1 is 0.745 bits per heavy atom. The number of benzene rings is 2. The zero-order chi connectivity index (χ0) is 37.5. The molecule has 0 aliphatic heterocycles. The van der Waals surface area contributed by atoms with E-state index < -0.39 is 17.4 Å². The predicted octanol–water partition coefficient (Wildman–Crippen LogP) is 8.48. The number of rotatable bonds is 26. The molecule has 0 aromatic heterocycles. The molecule has 0 bridgehead atoms. The number of esters is 2. The highest BCUT2D eigenvalue weighted by molar-refractivity contribution is 5.91. The summed E-state index contributed by atoms with van der Waals surface area (Å²) in [7, 11) is 4.73. The summed E-state index contributed by atoms with van der Waals surface area (Å²) in [5.41, 5.74) is 0.893. The van der Waals surface area contributed by atoms with Crippen LogP contribution in [0, 0.1) is 16.7 Å². The summed E-state index contributed by atoms with van der Waals surface area (Å²) in [6.07, 6.45) is 13.6. The third-order valence-corrected chi connectivity index (χ3v) is 8.44. The summed E-state index contributed by atoms with van der Waals surface area (Å²) in [5.74, 6) is 1.11. The van der Waals surface area contributed by atoms with Crippen molar-refractivity contribution < 1.29 is 42.8 Å². The molecule has 0 aliphatic rings. The fourth-order valence-electron chi connectivity index (χ4n) is 5.23. The Kier molecular flexibility index (Phi) is 19.3. The highest BCUT2D eigenvalue weighted by Crippen LogP contribution is 2.33. The minimum atomic E-state index is -1.12. The molecule has 10 heteroatoms. The normalized spacial score (nSPS) is 12.1. The van der Waals surface area contributed by atoms with Gasteiger partial charge in [-0.3, -0.25) is 9.59 Å². The van der Waals surface area contributed by atoms with Crippen molar-refractivity contribution in [2.45, 2.75) is 77.6 Å². The van der Waals surface area contributed by atoms with Crippen LogP contribution in [0.3, 0.4) is 0 Å². The van der Waals surface area contributed by atoms with E-state index in [-0.39, 0.29) is 31.8 Å². The lowest BCUT2D eigenvalue weighted by molar-refractivity contribution is -0.162. The van der Waals surface area contributed by atoms with Gasteiger partial charge < -0.3 is 28.4 Å². The van der Waals surface area contributed by atoms with Crippen molar-refractivity contribution in [3.63, 3.8) is 0 Å². The van der Waals surface area contributed by atoms with Gasteiger partial charge in [-0.1, -0.05) is 64.2 Å². The summed E-state index contributed by atoms with van der Waals surface area (Å²) in [5, 5.41) is 9.81. The van der Waals surface area contributed by atoms with Crippen molar-refractivity contribution in [1.29, 1.82) is 5.26 Å². The van der Waals surface area contributed by atoms with Gasteiger partial charge in [-0.2, -0.15) is 5.26 Å². The lowest BCUT2D eigenvalue weighted by atomic mass is 9.85. The predicted molar refractivity (Wildman–Crippen MR) is 198 cm³/mol. The molecule has 2 aromatic rings. The second-order valence-corrected chi connectivity index (χ2v) is 12.4. The van der Waals surface area contributed by atoms with Crippen molar-refractivity contribution in [3.05, 3.63) is 72.8 Å². The molecule has 1 atom stereocenters. The number of hydrogen-bond donors (Lipinski definition) is 0. The Bertz CT molecular complexity index is 1500. The molecular weight excluding hydrogens is 650 g/mol. The first-order valence-corrected chi connectivity index (χ1v) is 17.4. The molecule has 10 nitrogen and oxygen atoms in total. The average molecular weight is 704 g/mol. The van der Waals surface area contributed by atoms with Crippen LogP contribution in [0.5, 0.6) is 23.0 Å². The zero-order valence-electron chi connectivity index (χ0n) is 30.6. The topological polar surface area (TPSA) is 130 Å². The summed E-state index contributed by atoms with van der Waals surface area (Å²) < 4.78 is 32.9. The summed E-state index contributed by atoms with van der Waals surface area (Å²) in [4.78, 5) is 36.0. The summed E-state index contributed by atoms with van der Waals surface area (Å²) >= 11 is 0. The van der Waals surface area contributed by atoms with E-state index in [0.717, 1.165) is 75.0 Å². The molecule has 0 fully saturated rings. The second-order valence-electron chi connectivity index (χ2n) is 12.4. The highest BCUT2D eigenvalue weighted by atomic mass is 16.6. The minimum Gasteiger partial charge on any atom is -0.493 e. The molecule has 0 spiro atoms. The van der Waals surface area contributed by atoms with Gasteiger partial charge in [-0.15, -0.1) is 0 Å². The van der Waals surface area contributed by atoms with E-state index >= 15 is 0 Å². The van der Waals surface area contributed by atoms with Crippen molar-refractivity contribution in [3.8, 4) is 29.1 Å². The van der Waals surface area contributed by atoms with Crippen LogP contribution in [-0.2, 0) is 23.9 Å². The van der Waals surface area contributed by atoms with Gasteiger partial charge in [0.2, 0.25) is 0 Å². The van der Waals surface area contributed by atoms with Gasteiger partial charge in [0, 0.05) is 12.5 Å². The number of nitrogens with zero attached hydrogens (tertiary/aromatic N) is 1. The molecule has 0 N–H and O–H groups in total. The molecule has 0 radical (unpaired) electrons. The number of ether oxygens (including phenoxy) is 6. The third kappa shape index (κ3) is 14.8. The molecule has 0 saturated carbocycles. The van der Waals surface area contributed by atoms with Gasteiger partial charge in [-0.05, 0) is 79.8 Å². The van der Waals surface area contributed by atoms with Crippen LogP contribution in [0.4, 0.5) is 0 Å². The van der Waals surface area contributed by atoms with Gasteiger partial charge >= 0.3 is 11.9 Å². The number of carbonyl (C=O) groups is 3. The maximum atomic E-state index is 12.8. The van der Waals surface area contributed by atoms with Crippen LogP contribution in [0.15, 0.2) is 61.7 Å². The van der Waals surface area contributed by atoms with Gasteiger partial charge in [0.05, 0.1) is 51.6 Å². The van der Waals surface area contributed by atoms with E-state index in [2.05, 4.69) is 19.2 Å². The number of carbonyl (C=O) groups excluding carboxylic acids is 3. The van der Waals surface area contributed by atoms with E-state index in [1.165, 1.54) is 6.08 Å². The van der Waals surface area contributed by atoms with Crippen LogP contribution in [0.25, 0.3) is 11.6 Å². The number of allylic oxidation sites excluding steroid dienone is 2. The van der Waals surface area contributed by atoms with Crippen LogP contribution < -0.4 is 18.9 Å². The Hall–Kier alpha value is -5.04. The molecule has 0 amide bonds. The average Bonchev–Trinajstić information content (AvgIpc) is 3.16. The van der Waals surface area contributed by atoms with Crippen molar-refractivity contribution >= 4 is 29.4 Å². The first kappa shape index (κ1) is 42.1. The van der Waals surface area contributed by atoms with E-state index in [4.69, 9.17) is 28.4 Å².